The van der Waals surface area contributed by atoms with Crippen LogP contribution in [0.25, 0.3) is 10.8 Å². The average Bonchev–Trinajstić information content (AvgIpc) is 2.84. The monoisotopic (exact) mass is 502 g/mol. The number of halogens is 6. The molecule has 0 heterocycles. The number of rotatable bonds is 5. The molecule has 0 radical (unpaired) electrons. The van der Waals surface area contributed by atoms with E-state index >= 15 is 4.39 Å². The number of allylic oxidation sites excluding steroid dienone is 1. The third kappa shape index (κ3) is 6.04. The van der Waals surface area contributed by atoms with E-state index in [-0.39, 0.29) is 11.1 Å². The van der Waals surface area contributed by atoms with Gasteiger partial charge in [0.25, 0.3) is 0 Å². The van der Waals surface area contributed by atoms with Gasteiger partial charge in [0, 0.05) is 10.9 Å². The summed E-state index contributed by atoms with van der Waals surface area (Å²) < 4.78 is 83.2. The number of hydrogen-bond acceptors (Lipinski definition) is 1. The Labute approximate surface area is 205 Å². The lowest BCUT2D eigenvalue weighted by atomic mass is 9.77. The van der Waals surface area contributed by atoms with Gasteiger partial charge in [0.2, 0.25) is 5.75 Å². The molecule has 0 saturated heterocycles. The normalized spacial score (nSPS) is 17.9. The van der Waals surface area contributed by atoms with Gasteiger partial charge in [-0.05, 0) is 79.5 Å². The second kappa shape index (κ2) is 10.7. The fourth-order valence-electron chi connectivity index (χ4n) is 4.78. The first-order chi connectivity index (χ1) is 17.1. The number of ether oxygens (including phenoxy) is 1. The Morgan fingerprint density at radius 2 is 1.61 bits per heavy atom. The van der Waals surface area contributed by atoms with Crippen molar-refractivity contribution in [3.63, 3.8) is 0 Å². The second-order valence-corrected chi connectivity index (χ2v) is 9.06. The predicted molar refractivity (Wildman–Crippen MR) is 127 cm³/mol. The smallest absolute Gasteiger partial charge is 0.399 e. The van der Waals surface area contributed by atoms with Crippen LogP contribution in [-0.4, -0.2) is 6.36 Å². The van der Waals surface area contributed by atoms with Crippen molar-refractivity contribution in [2.24, 2.45) is 5.92 Å². The molecule has 4 rings (SSSR count). The Bertz CT molecular complexity index is 1300. The van der Waals surface area contributed by atoms with Crippen LogP contribution in [0.1, 0.15) is 61.1 Å². The lowest BCUT2D eigenvalue weighted by Crippen LogP contribution is -2.19. The van der Waals surface area contributed by atoms with E-state index in [0.717, 1.165) is 30.6 Å². The summed E-state index contributed by atoms with van der Waals surface area (Å²) in [4.78, 5) is 0. The molecule has 1 nitrogen and oxygen atoms in total. The fourth-order valence-corrected chi connectivity index (χ4v) is 4.78. The summed E-state index contributed by atoms with van der Waals surface area (Å²) in [5, 5.41) is 1.10. The Morgan fingerprint density at radius 3 is 2.25 bits per heavy atom. The molecule has 3 aromatic carbocycles. The van der Waals surface area contributed by atoms with Gasteiger partial charge in [-0.3, -0.25) is 0 Å². The van der Waals surface area contributed by atoms with Crippen molar-refractivity contribution in [3.8, 4) is 17.6 Å². The maximum atomic E-state index is 15.1. The summed E-state index contributed by atoms with van der Waals surface area (Å²) >= 11 is 0. The van der Waals surface area contributed by atoms with Crippen molar-refractivity contribution in [1.29, 1.82) is 0 Å². The first-order valence-corrected chi connectivity index (χ1v) is 11.7. The third-order valence-corrected chi connectivity index (χ3v) is 6.63. The molecule has 0 spiro atoms. The second-order valence-electron chi connectivity index (χ2n) is 9.06. The van der Waals surface area contributed by atoms with E-state index < -0.39 is 29.6 Å². The van der Waals surface area contributed by atoms with Crippen LogP contribution in [0, 0.1) is 35.2 Å². The third-order valence-electron chi connectivity index (χ3n) is 6.63. The van der Waals surface area contributed by atoms with Crippen molar-refractivity contribution in [1.82, 2.24) is 0 Å². The van der Waals surface area contributed by atoms with E-state index in [4.69, 9.17) is 0 Å². The number of benzene rings is 3. The van der Waals surface area contributed by atoms with Gasteiger partial charge in [0.05, 0.1) is 5.56 Å². The van der Waals surface area contributed by atoms with Crippen LogP contribution in [-0.2, 0) is 0 Å². The van der Waals surface area contributed by atoms with E-state index in [2.05, 4.69) is 23.2 Å². The van der Waals surface area contributed by atoms with E-state index in [0.29, 0.717) is 23.4 Å². The standard InChI is InChI=1S/C29H24F6O/c1-2-3-4-18-5-8-20(9-6-18)22-13-14-24-23(17-22)12-11-21(27(24)32)10-7-19-15-25(30)28(26(31)16-19)36-29(33,34)35/h2,11-18,20H,1,3-6,8-9H2. The molecule has 0 amide bonds. The van der Waals surface area contributed by atoms with Crippen LogP contribution >= 0.6 is 0 Å². The molecule has 188 valence electrons. The SMILES string of the molecule is C=CCCC1CCC(c2ccc3c(F)c(C#Cc4cc(F)c(OC(F)(F)F)c(F)c4)ccc3c2)CC1. The maximum Gasteiger partial charge on any atom is 0.573 e. The zero-order valence-electron chi connectivity index (χ0n) is 19.4. The number of hydrogen-bond donors (Lipinski definition) is 0. The van der Waals surface area contributed by atoms with Crippen LogP contribution in [0.3, 0.4) is 0 Å². The average molecular weight is 502 g/mol. The zero-order valence-corrected chi connectivity index (χ0v) is 19.4. The molecule has 0 aromatic heterocycles. The summed E-state index contributed by atoms with van der Waals surface area (Å²) in [6.07, 6.45) is 3.47. The predicted octanol–water partition coefficient (Wildman–Crippen LogP) is 8.80. The largest absolute Gasteiger partial charge is 0.573 e. The molecule has 1 saturated carbocycles. The van der Waals surface area contributed by atoms with Crippen LogP contribution in [0.15, 0.2) is 55.1 Å². The van der Waals surface area contributed by atoms with Gasteiger partial charge >= 0.3 is 6.36 Å². The molecule has 0 atom stereocenters. The molecular formula is C29H24F6O. The summed E-state index contributed by atoms with van der Waals surface area (Å²) in [5.41, 5.74) is 0.933. The first-order valence-electron chi connectivity index (χ1n) is 11.7. The van der Waals surface area contributed by atoms with Crippen molar-refractivity contribution in [3.05, 3.63) is 89.3 Å². The van der Waals surface area contributed by atoms with Gasteiger partial charge in [-0.2, -0.15) is 0 Å². The van der Waals surface area contributed by atoms with E-state index in [1.807, 2.05) is 18.2 Å². The van der Waals surface area contributed by atoms with E-state index in [1.165, 1.54) is 30.9 Å². The molecule has 1 fully saturated rings. The molecule has 3 aromatic rings. The highest BCUT2D eigenvalue weighted by molar-refractivity contribution is 5.85. The van der Waals surface area contributed by atoms with Gasteiger partial charge in [-0.15, -0.1) is 19.8 Å². The minimum atomic E-state index is -5.24. The van der Waals surface area contributed by atoms with Crippen molar-refractivity contribution in [2.45, 2.75) is 50.8 Å². The molecule has 0 aliphatic heterocycles. The Kier molecular flexibility index (Phi) is 7.63. The van der Waals surface area contributed by atoms with Gasteiger partial charge < -0.3 is 4.74 Å². The maximum absolute atomic E-state index is 15.1. The van der Waals surface area contributed by atoms with E-state index in [9.17, 15) is 22.0 Å². The number of fused-ring (bicyclic) bond motifs is 1. The molecule has 7 heteroatoms. The van der Waals surface area contributed by atoms with Crippen molar-refractivity contribution >= 4 is 10.8 Å². The highest BCUT2D eigenvalue weighted by atomic mass is 19.4. The zero-order chi connectivity index (χ0) is 25.9. The molecule has 1 aliphatic rings. The topological polar surface area (TPSA) is 9.23 Å². The Balaban J connectivity index is 1.53. The molecule has 0 N–H and O–H groups in total. The molecule has 0 bridgehead atoms. The van der Waals surface area contributed by atoms with E-state index in [1.54, 1.807) is 12.1 Å². The van der Waals surface area contributed by atoms with Crippen molar-refractivity contribution < 1.29 is 31.1 Å². The summed E-state index contributed by atoms with van der Waals surface area (Å²) in [7, 11) is 0. The lowest BCUT2D eigenvalue weighted by Gasteiger charge is -2.28. The van der Waals surface area contributed by atoms with Crippen LogP contribution < -0.4 is 4.74 Å². The highest BCUT2D eigenvalue weighted by Gasteiger charge is 2.34. The molecule has 1 aliphatic carbocycles. The molecular weight excluding hydrogens is 478 g/mol. The van der Waals surface area contributed by atoms with Gasteiger partial charge in [0.15, 0.2) is 11.6 Å². The summed E-state index contributed by atoms with van der Waals surface area (Å²) in [6, 6.07) is 10.1. The molecule has 36 heavy (non-hydrogen) atoms. The van der Waals surface area contributed by atoms with Crippen molar-refractivity contribution in [2.75, 3.05) is 0 Å². The summed E-state index contributed by atoms with van der Waals surface area (Å²) in [6.45, 7) is 3.79. The Hall–Kier alpha value is -3.40. The van der Waals surface area contributed by atoms with Crippen LogP contribution in [0.5, 0.6) is 5.75 Å². The quantitative estimate of drug-likeness (QED) is 0.192. The first kappa shape index (κ1) is 25.7. The van der Waals surface area contributed by atoms with Gasteiger partial charge in [-0.25, -0.2) is 13.2 Å². The minimum Gasteiger partial charge on any atom is -0.399 e. The Morgan fingerprint density at radius 1 is 0.917 bits per heavy atom. The number of alkyl halides is 3. The lowest BCUT2D eigenvalue weighted by molar-refractivity contribution is -0.276. The summed E-state index contributed by atoms with van der Waals surface area (Å²) in [5.74, 6) is 0.837. The van der Waals surface area contributed by atoms with Crippen LogP contribution in [0.2, 0.25) is 0 Å². The van der Waals surface area contributed by atoms with Gasteiger partial charge in [-0.1, -0.05) is 42.2 Å². The van der Waals surface area contributed by atoms with Gasteiger partial charge in [0.1, 0.15) is 5.82 Å². The minimum absolute atomic E-state index is 0.00871. The fraction of sp³-hybridized carbons (Fsp3) is 0.310. The highest BCUT2D eigenvalue weighted by Crippen LogP contribution is 2.38. The van der Waals surface area contributed by atoms with Crippen LogP contribution in [0.4, 0.5) is 26.3 Å². The molecule has 0 unspecified atom stereocenters.